The van der Waals surface area contributed by atoms with E-state index >= 15 is 0 Å². The number of anilines is 2. The minimum absolute atomic E-state index is 0.131. The smallest absolute Gasteiger partial charge is 0.306 e. The van der Waals surface area contributed by atoms with Gasteiger partial charge in [-0.15, -0.1) is 4.80 Å². The summed E-state index contributed by atoms with van der Waals surface area (Å²) in [5, 5.41) is 13.4. The van der Waals surface area contributed by atoms with E-state index in [2.05, 4.69) is 42.7 Å². The van der Waals surface area contributed by atoms with E-state index in [0.29, 0.717) is 5.69 Å². The third-order valence-corrected chi connectivity index (χ3v) is 6.30. The van der Waals surface area contributed by atoms with Gasteiger partial charge in [-0.25, -0.2) is 19.7 Å². The minimum atomic E-state index is -4.73. The van der Waals surface area contributed by atoms with Crippen LogP contribution in [-0.2, 0) is 11.6 Å². The number of amides is 2. The van der Waals surface area contributed by atoms with Gasteiger partial charge in [0, 0.05) is 5.56 Å². The summed E-state index contributed by atoms with van der Waals surface area (Å²) in [4.78, 5) is 27.0. The molecule has 0 bridgehead atoms. The number of hydrogen-bond acceptors (Lipinski definition) is 7. The number of halogens is 3. The SMILES string of the molecule is Cc1nc2c(C3(C)CC3)c(NC(=O)Nc3cnc(-n4nccn4)c(C(F)(F)F)c3)cnc2s1. The Kier molecular flexibility index (Phi) is 4.81. The largest absolute Gasteiger partial charge is 0.420 e. The maximum absolute atomic E-state index is 13.6. The molecule has 1 aliphatic carbocycles. The maximum Gasteiger partial charge on any atom is 0.420 e. The summed E-state index contributed by atoms with van der Waals surface area (Å²) in [5.74, 6) is -0.490. The maximum atomic E-state index is 13.6. The van der Waals surface area contributed by atoms with E-state index in [0.717, 1.165) is 50.8 Å². The predicted octanol–water partition coefficient (Wildman–Crippen LogP) is 4.69. The molecule has 0 aromatic carbocycles. The molecule has 0 saturated heterocycles. The number of nitrogens with one attached hydrogen (secondary N) is 2. The zero-order chi connectivity index (χ0) is 23.4. The van der Waals surface area contributed by atoms with Crippen molar-refractivity contribution in [1.29, 1.82) is 0 Å². The van der Waals surface area contributed by atoms with Crippen LogP contribution in [0.25, 0.3) is 16.2 Å². The van der Waals surface area contributed by atoms with Crippen molar-refractivity contribution in [1.82, 2.24) is 29.9 Å². The Morgan fingerprint density at radius 3 is 2.55 bits per heavy atom. The summed E-state index contributed by atoms with van der Waals surface area (Å²) < 4.78 is 40.8. The molecule has 4 aromatic heterocycles. The van der Waals surface area contributed by atoms with Crippen LogP contribution in [-0.4, -0.2) is 36.0 Å². The monoisotopic (exact) mass is 474 g/mol. The van der Waals surface area contributed by atoms with Crippen LogP contribution in [0.3, 0.4) is 0 Å². The Morgan fingerprint density at radius 1 is 1.15 bits per heavy atom. The normalized spacial score (nSPS) is 14.9. The number of aryl methyl sites for hydroxylation is 1. The number of rotatable bonds is 4. The molecule has 9 nitrogen and oxygen atoms in total. The van der Waals surface area contributed by atoms with Gasteiger partial charge < -0.3 is 10.6 Å². The van der Waals surface area contributed by atoms with Gasteiger partial charge in [0.2, 0.25) is 0 Å². The number of nitrogens with zero attached hydrogens (tertiary/aromatic N) is 6. The summed E-state index contributed by atoms with van der Waals surface area (Å²) in [6.07, 6.45) is 2.32. The van der Waals surface area contributed by atoms with Gasteiger partial charge in [0.15, 0.2) is 5.82 Å². The predicted molar refractivity (Wildman–Crippen MR) is 116 cm³/mol. The Bertz CT molecular complexity index is 1360. The van der Waals surface area contributed by atoms with Crippen LogP contribution in [0.2, 0.25) is 0 Å². The van der Waals surface area contributed by atoms with Gasteiger partial charge in [-0.05, 0) is 31.2 Å². The van der Waals surface area contributed by atoms with E-state index < -0.39 is 23.6 Å². The van der Waals surface area contributed by atoms with Crippen LogP contribution in [0.5, 0.6) is 0 Å². The van der Waals surface area contributed by atoms with Crippen LogP contribution in [0.15, 0.2) is 30.9 Å². The standard InChI is InChI=1S/C20H17F3N8OS/c1-10-28-15-14(19(2)3-4-19)13(9-25-17(15)33-10)30-18(32)29-11-7-12(20(21,22)23)16(24-8-11)31-26-5-6-27-31/h5-9H,3-4H2,1-2H3,(H2,29,30,32). The molecule has 13 heteroatoms. The first-order valence-corrected chi connectivity index (χ1v) is 10.7. The van der Waals surface area contributed by atoms with Crippen molar-refractivity contribution in [3.05, 3.63) is 47.0 Å². The quantitative estimate of drug-likeness (QED) is 0.444. The molecule has 2 N–H and O–H groups in total. The Labute approximate surface area is 189 Å². The van der Waals surface area contributed by atoms with Crippen molar-refractivity contribution in [3.63, 3.8) is 0 Å². The van der Waals surface area contributed by atoms with E-state index in [-0.39, 0.29) is 11.1 Å². The topological polar surface area (TPSA) is 111 Å². The molecule has 4 heterocycles. The fourth-order valence-corrected chi connectivity index (χ4v) is 4.40. The molecule has 2 amide bonds. The van der Waals surface area contributed by atoms with E-state index in [9.17, 15) is 18.0 Å². The summed E-state index contributed by atoms with van der Waals surface area (Å²) in [6.45, 7) is 3.97. The summed E-state index contributed by atoms with van der Waals surface area (Å²) >= 11 is 1.47. The summed E-state index contributed by atoms with van der Waals surface area (Å²) in [7, 11) is 0. The summed E-state index contributed by atoms with van der Waals surface area (Å²) in [5.41, 5.74) is 0.769. The molecule has 170 valence electrons. The second-order valence-corrected chi connectivity index (χ2v) is 9.17. The van der Waals surface area contributed by atoms with Crippen LogP contribution < -0.4 is 10.6 Å². The van der Waals surface area contributed by atoms with Gasteiger partial charge in [0.05, 0.1) is 41.2 Å². The molecule has 0 atom stereocenters. The second-order valence-electron chi connectivity index (χ2n) is 7.98. The van der Waals surface area contributed by atoms with Crippen LogP contribution >= 0.6 is 11.3 Å². The fourth-order valence-electron chi connectivity index (χ4n) is 3.63. The first-order valence-electron chi connectivity index (χ1n) is 9.93. The Morgan fingerprint density at radius 2 is 1.88 bits per heavy atom. The highest BCUT2D eigenvalue weighted by molar-refractivity contribution is 7.18. The van der Waals surface area contributed by atoms with Gasteiger partial charge in [0.1, 0.15) is 15.9 Å². The van der Waals surface area contributed by atoms with Crippen molar-refractivity contribution < 1.29 is 18.0 Å². The molecule has 4 aromatic rings. The number of hydrogen-bond donors (Lipinski definition) is 2. The number of urea groups is 1. The number of fused-ring (bicyclic) bond motifs is 1. The number of carbonyl (C=O) groups excluding carboxylic acids is 1. The average Bonchev–Trinajstić information content (AvgIpc) is 3.14. The van der Waals surface area contributed by atoms with Crippen LogP contribution in [0.1, 0.15) is 35.9 Å². The van der Waals surface area contributed by atoms with E-state index in [4.69, 9.17) is 0 Å². The first-order chi connectivity index (χ1) is 15.6. The number of aromatic nitrogens is 6. The van der Waals surface area contributed by atoms with E-state index in [1.165, 1.54) is 23.7 Å². The van der Waals surface area contributed by atoms with Crippen molar-refractivity contribution in [2.24, 2.45) is 0 Å². The third-order valence-electron chi connectivity index (χ3n) is 5.42. The third kappa shape index (κ3) is 3.99. The lowest BCUT2D eigenvalue weighted by atomic mass is 9.96. The number of pyridine rings is 2. The summed E-state index contributed by atoms with van der Waals surface area (Å²) in [6, 6.07) is 0.0769. The lowest BCUT2D eigenvalue weighted by Crippen LogP contribution is -2.23. The minimum Gasteiger partial charge on any atom is -0.306 e. The van der Waals surface area contributed by atoms with E-state index in [1.807, 2.05) is 6.92 Å². The van der Waals surface area contributed by atoms with Gasteiger partial charge in [-0.1, -0.05) is 18.3 Å². The molecule has 1 aliphatic rings. The first kappa shape index (κ1) is 21.2. The second kappa shape index (κ2) is 7.47. The van der Waals surface area contributed by atoms with Gasteiger partial charge >= 0.3 is 12.2 Å². The highest BCUT2D eigenvalue weighted by Crippen LogP contribution is 2.52. The average molecular weight is 474 g/mol. The Balaban J connectivity index is 1.44. The van der Waals surface area contributed by atoms with Crippen molar-refractivity contribution in [2.75, 3.05) is 10.6 Å². The van der Waals surface area contributed by atoms with Gasteiger partial charge in [0.25, 0.3) is 0 Å². The van der Waals surface area contributed by atoms with Crippen molar-refractivity contribution in [2.45, 2.75) is 38.3 Å². The fraction of sp³-hybridized carbons (Fsp3) is 0.300. The van der Waals surface area contributed by atoms with E-state index in [1.54, 1.807) is 6.20 Å². The molecule has 0 aliphatic heterocycles. The molecule has 1 saturated carbocycles. The zero-order valence-corrected chi connectivity index (χ0v) is 18.3. The van der Waals surface area contributed by atoms with Crippen molar-refractivity contribution in [3.8, 4) is 5.82 Å². The zero-order valence-electron chi connectivity index (χ0n) is 17.4. The van der Waals surface area contributed by atoms with Crippen LogP contribution in [0, 0.1) is 6.92 Å². The molecular formula is C20H17F3N8OS. The molecule has 1 fully saturated rings. The molecule has 33 heavy (non-hydrogen) atoms. The highest BCUT2D eigenvalue weighted by Gasteiger charge is 2.43. The molecule has 5 rings (SSSR count). The molecule has 0 unspecified atom stereocenters. The molecule has 0 spiro atoms. The highest BCUT2D eigenvalue weighted by atomic mass is 32.1. The lowest BCUT2D eigenvalue weighted by Gasteiger charge is -2.17. The van der Waals surface area contributed by atoms with Crippen molar-refractivity contribution >= 4 is 39.1 Å². The van der Waals surface area contributed by atoms with Gasteiger partial charge in [-0.2, -0.15) is 23.4 Å². The molecular weight excluding hydrogens is 457 g/mol. The Hall–Kier alpha value is -3.61. The number of thiazole rings is 1. The lowest BCUT2D eigenvalue weighted by molar-refractivity contribution is -0.137. The van der Waals surface area contributed by atoms with Crippen LogP contribution in [0.4, 0.5) is 29.3 Å². The number of alkyl halides is 3. The molecule has 0 radical (unpaired) electrons. The number of carbonyl (C=O) groups is 1. The van der Waals surface area contributed by atoms with Gasteiger partial charge in [-0.3, -0.25) is 0 Å².